The zero-order chi connectivity index (χ0) is 21.1. The molecule has 1 aromatic heterocycles. The highest BCUT2D eigenvalue weighted by Crippen LogP contribution is 2.28. The van der Waals surface area contributed by atoms with E-state index in [0.29, 0.717) is 19.7 Å². The summed E-state index contributed by atoms with van der Waals surface area (Å²) < 4.78 is 7.74. The summed E-state index contributed by atoms with van der Waals surface area (Å²) in [4.78, 5) is 41.3. The number of benzene rings is 1. The molecular formula is C20H27N5O4. The molecule has 1 fully saturated rings. The van der Waals surface area contributed by atoms with E-state index in [2.05, 4.69) is 4.90 Å². The molecule has 0 aliphatic carbocycles. The van der Waals surface area contributed by atoms with E-state index in [4.69, 9.17) is 10.5 Å². The minimum Gasteiger partial charge on any atom is -0.492 e. The van der Waals surface area contributed by atoms with E-state index in [0.717, 1.165) is 33.7 Å². The van der Waals surface area contributed by atoms with Crippen LogP contribution < -0.4 is 26.6 Å². The number of carbonyl (C=O) groups is 1. The van der Waals surface area contributed by atoms with Crippen LogP contribution in [0, 0.1) is 0 Å². The first-order valence-electron chi connectivity index (χ1n) is 9.63. The number of anilines is 2. The largest absolute Gasteiger partial charge is 0.492 e. The molecule has 0 spiro atoms. The third-order valence-electron chi connectivity index (χ3n) is 5.23. The minimum atomic E-state index is -0.653. The quantitative estimate of drug-likeness (QED) is 0.683. The van der Waals surface area contributed by atoms with E-state index in [-0.39, 0.29) is 23.7 Å². The van der Waals surface area contributed by atoms with Gasteiger partial charge in [0, 0.05) is 40.3 Å². The first-order valence-corrected chi connectivity index (χ1v) is 9.63. The fraction of sp³-hybridized carbons (Fsp3) is 0.450. The average Bonchev–Trinajstić information content (AvgIpc) is 2.72. The summed E-state index contributed by atoms with van der Waals surface area (Å²) in [6.07, 6.45) is 0. The minimum absolute atomic E-state index is 0.0819. The van der Waals surface area contributed by atoms with E-state index < -0.39 is 11.2 Å². The molecule has 2 aromatic rings. The van der Waals surface area contributed by atoms with Crippen molar-refractivity contribution in [2.75, 3.05) is 50.0 Å². The Morgan fingerprint density at radius 2 is 1.72 bits per heavy atom. The van der Waals surface area contributed by atoms with Gasteiger partial charge in [0.2, 0.25) is 0 Å². The molecule has 2 N–H and O–H groups in total. The Hall–Kier alpha value is -3.07. The highest BCUT2D eigenvalue weighted by Gasteiger charge is 2.25. The van der Waals surface area contributed by atoms with Crippen LogP contribution in [-0.2, 0) is 14.1 Å². The molecule has 0 bridgehead atoms. The van der Waals surface area contributed by atoms with Crippen molar-refractivity contribution in [3.8, 4) is 5.75 Å². The van der Waals surface area contributed by atoms with Gasteiger partial charge in [-0.05, 0) is 19.1 Å². The van der Waals surface area contributed by atoms with Gasteiger partial charge >= 0.3 is 5.69 Å². The van der Waals surface area contributed by atoms with Crippen LogP contribution in [0.4, 0.5) is 11.5 Å². The predicted molar refractivity (Wildman–Crippen MR) is 112 cm³/mol. The second kappa shape index (κ2) is 8.52. The van der Waals surface area contributed by atoms with E-state index >= 15 is 0 Å². The van der Waals surface area contributed by atoms with Crippen LogP contribution in [0.3, 0.4) is 0 Å². The number of ketones is 1. The van der Waals surface area contributed by atoms with Gasteiger partial charge in [-0.25, -0.2) is 4.79 Å². The van der Waals surface area contributed by atoms with Gasteiger partial charge in [0.15, 0.2) is 5.78 Å². The topological polar surface area (TPSA) is 103 Å². The van der Waals surface area contributed by atoms with Gasteiger partial charge in [-0.2, -0.15) is 0 Å². The first kappa shape index (κ1) is 20.7. The highest BCUT2D eigenvalue weighted by atomic mass is 16.5. The maximum absolute atomic E-state index is 12.8. The lowest BCUT2D eigenvalue weighted by Gasteiger charge is -2.36. The predicted octanol–water partition coefficient (Wildman–Crippen LogP) is 0.0698. The van der Waals surface area contributed by atoms with E-state index in [1.54, 1.807) is 0 Å². The van der Waals surface area contributed by atoms with Crippen molar-refractivity contribution in [2.24, 2.45) is 14.1 Å². The summed E-state index contributed by atoms with van der Waals surface area (Å²) in [5.41, 5.74) is 5.60. The van der Waals surface area contributed by atoms with Crippen LogP contribution in [0.15, 0.2) is 33.9 Å². The van der Waals surface area contributed by atoms with Gasteiger partial charge in [-0.1, -0.05) is 12.1 Å². The Labute approximate surface area is 168 Å². The number of nitrogen functional groups attached to an aromatic ring is 1. The van der Waals surface area contributed by atoms with Crippen LogP contribution in [0.2, 0.25) is 0 Å². The van der Waals surface area contributed by atoms with Gasteiger partial charge in [0.1, 0.15) is 17.1 Å². The van der Waals surface area contributed by atoms with Crippen LogP contribution in [-0.4, -0.2) is 59.1 Å². The number of carbonyl (C=O) groups excluding carboxylic acids is 1. The summed E-state index contributed by atoms with van der Waals surface area (Å²) in [6, 6.07) is 7.90. The molecule has 9 nitrogen and oxygen atoms in total. The Morgan fingerprint density at radius 3 is 2.38 bits per heavy atom. The monoisotopic (exact) mass is 401 g/mol. The summed E-state index contributed by atoms with van der Waals surface area (Å²) in [6.45, 7) is 5.43. The number of Topliss-reactive ketones (excluding diaryl/α,β-unsaturated/α-hetero) is 1. The van der Waals surface area contributed by atoms with E-state index in [9.17, 15) is 14.4 Å². The fourth-order valence-electron chi connectivity index (χ4n) is 3.55. The van der Waals surface area contributed by atoms with Crippen LogP contribution >= 0.6 is 0 Å². The van der Waals surface area contributed by atoms with Crippen molar-refractivity contribution in [1.82, 2.24) is 14.0 Å². The lowest BCUT2D eigenvalue weighted by Crippen LogP contribution is -2.49. The molecule has 9 heteroatoms. The number of para-hydroxylation sites is 2. The number of rotatable bonds is 6. The maximum atomic E-state index is 12.8. The van der Waals surface area contributed by atoms with Gasteiger partial charge in [-0.15, -0.1) is 0 Å². The van der Waals surface area contributed by atoms with Crippen molar-refractivity contribution in [3.05, 3.63) is 50.7 Å². The normalized spacial score (nSPS) is 14.8. The zero-order valence-corrected chi connectivity index (χ0v) is 17.1. The molecular weight excluding hydrogens is 374 g/mol. The molecule has 0 saturated carbocycles. The van der Waals surface area contributed by atoms with Crippen molar-refractivity contribution < 1.29 is 9.53 Å². The van der Waals surface area contributed by atoms with Gasteiger partial charge in [0.25, 0.3) is 5.56 Å². The Balaban J connectivity index is 1.70. The summed E-state index contributed by atoms with van der Waals surface area (Å²) >= 11 is 0. The number of piperazine rings is 1. The summed E-state index contributed by atoms with van der Waals surface area (Å²) in [5, 5.41) is 0. The Kier molecular flexibility index (Phi) is 6.07. The molecule has 1 saturated heterocycles. The zero-order valence-electron chi connectivity index (χ0n) is 17.1. The smallest absolute Gasteiger partial charge is 0.332 e. The van der Waals surface area contributed by atoms with E-state index in [1.807, 2.05) is 36.1 Å². The molecule has 2 heterocycles. The van der Waals surface area contributed by atoms with Crippen LogP contribution in [0.1, 0.15) is 17.3 Å². The molecule has 29 heavy (non-hydrogen) atoms. The lowest BCUT2D eigenvalue weighted by atomic mass is 10.1. The average molecular weight is 401 g/mol. The Bertz CT molecular complexity index is 1020. The third kappa shape index (κ3) is 4.04. The molecule has 0 amide bonds. The van der Waals surface area contributed by atoms with Gasteiger partial charge in [0.05, 0.1) is 18.8 Å². The number of hydrogen-bond acceptors (Lipinski definition) is 7. The standard InChI is InChI=1S/C20H27N5O4/c1-4-29-16-8-6-5-7-14(16)25-11-9-24(10-12-25)13-15(26)17-18(21)22(2)20(28)23(3)19(17)27/h5-8H,4,9-13,21H2,1-3H3. The third-order valence-corrected chi connectivity index (χ3v) is 5.23. The van der Waals surface area contributed by atoms with Crippen molar-refractivity contribution in [2.45, 2.75) is 6.92 Å². The number of aromatic nitrogens is 2. The number of hydrogen-bond donors (Lipinski definition) is 1. The number of ether oxygens (including phenoxy) is 1. The molecule has 0 unspecified atom stereocenters. The SMILES string of the molecule is CCOc1ccccc1N1CCN(CC(=O)c2c(N)n(C)c(=O)n(C)c2=O)CC1. The van der Waals surface area contributed by atoms with Gasteiger partial charge in [-0.3, -0.25) is 23.6 Å². The van der Waals surface area contributed by atoms with Crippen molar-refractivity contribution in [1.29, 1.82) is 0 Å². The highest BCUT2D eigenvalue weighted by molar-refractivity contribution is 6.01. The summed E-state index contributed by atoms with van der Waals surface area (Å²) in [5.74, 6) is 0.384. The molecule has 156 valence electrons. The van der Waals surface area contributed by atoms with E-state index in [1.165, 1.54) is 14.1 Å². The fourth-order valence-corrected chi connectivity index (χ4v) is 3.55. The maximum Gasteiger partial charge on any atom is 0.332 e. The summed E-state index contributed by atoms with van der Waals surface area (Å²) in [7, 11) is 2.79. The molecule has 1 aliphatic heterocycles. The van der Waals surface area contributed by atoms with Crippen molar-refractivity contribution >= 4 is 17.3 Å². The van der Waals surface area contributed by atoms with Crippen LogP contribution in [0.25, 0.3) is 0 Å². The second-order valence-electron chi connectivity index (χ2n) is 7.05. The van der Waals surface area contributed by atoms with Crippen LogP contribution in [0.5, 0.6) is 5.75 Å². The molecule has 0 radical (unpaired) electrons. The second-order valence-corrected chi connectivity index (χ2v) is 7.05. The lowest BCUT2D eigenvalue weighted by molar-refractivity contribution is 0.0924. The number of nitrogens with zero attached hydrogens (tertiary/aromatic N) is 4. The van der Waals surface area contributed by atoms with Crippen molar-refractivity contribution in [3.63, 3.8) is 0 Å². The van der Waals surface area contributed by atoms with Gasteiger partial charge < -0.3 is 15.4 Å². The molecule has 3 rings (SSSR count). The number of nitrogens with two attached hydrogens (primary N) is 1. The Morgan fingerprint density at radius 1 is 1.07 bits per heavy atom. The molecule has 1 aliphatic rings. The molecule has 0 atom stereocenters. The first-order chi connectivity index (χ1) is 13.8. The molecule has 1 aromatic carbocycles.